The number of nitrogens with zero attached hydrogens (tertiary/aromatic N) is 2. The zero-order valence-electron chi connectivity index (χ0n) is 21.1. The number of rotatable bonds is 9. The van der Waals surface area contributed by atoms with E-state index in [2.05, 4.69) is 0 Å². The quantitative estimate of drug-likeness (QED) is 0.124. The molecular formula is C29H30F3IN2O3. The summed E-state index contributed by atoms with van der Waals surface area (Å²) in [7, 11) is 0. The molecular weight excluding hydrogens is 608 g/mol. The summed E-state index contributed by atoms with van der Waals surface area (Å²) in [5.74, 6) is -4.21. The van der Waals surface area contributed by atoms with Gasteiger partial charge in [-0.25, -0.2) is 13.8 Å². The molecule has 0 N–H and O–H groups in total. The van der Waals surface area contributed by atoms with Crippen LogP contribution in [0.15, 0.2) is 65.5 Å². The summed E-state index contributed by atoms with van der Waals surface area (Å²) < 4.78 is 47.6. The standard InChI is InChI=1S/C29H30F3IN2O3/c1-19-34-24-15-13-22(28(37)38-25(16-17-30)29(31,32)18-33)12-14-23(24)27(36)35(19)26(20-8-4-2-5-9-20)21-10-6-3-7-11-21/h2-11,22,25-26H,12-18H2,1H3. The molecule has 1 aromatic heterocycles. The molecule has 0 radical (unpaired) electrons. The summed E-state index contributed by atoms with van der Waals surface area (Å²) in [6, 6.07) is 19.1. The Labute approximate surface area is 233 Å². The Morgan fingerprint density at radius 3 is 2.21 bits per heavy atom. The molecule has 1 aliphatic carbocycles. The van der Waals surface area contributed by atoms with Crippen molar-refractivity contribution in [1.29, 1.82) is 0 Å². The summed E-state index contributed by atoms with van der Waals surface area (Å²) in [5.41, 5.74) is 2.86. The number of carbonyl (C=O) groups excluding carboxylic acids is 1. The molecule has 3 aromatic rings. The van der Waals surface area contributed by atoms with E-state index in [1.54, 1.807) is 11.5 Å². The van der Waals surface area contributed by atoms with E-state index in [9.17, 15) is 22.8 Å². The number of esters is 1. The lowest BCUT2D eigenvalue weighted by Crippen LogP contribution is -2.40. The number of carbonyl (C=O) groups is 1. The Kier molecular flexibility index (Phi) is 9.27. The zero-order chi connectivity index (χ0) is 27.3. The van der Waals surface area contributed by atoms with Gasteiger partial charge in [-0.1, -0.05) is 83.3 Å². The molecule has 0 spiro atoms. The molecule has 2 atom stereocenters. The minimum Gasteiger partial charge on any atom is -0.456 e. The van der Waals surface area contributed by atoms with Crippen molar-refractivity contribution in [2.45, 2.75) is 57.1 Å². The van der Waals surface area contributed by atoms with Gasteiger partial charge >= 0.3 is 5.97 Å². The average molecular weight is 638 g/mol. The van der Waals surface area contributed by atoms with Crippen LogP contribution in [0, 0.1) is 12.8 Å². The predicted octanol–water partition coefficient (Wildman–Crippen LogP) is 6.03. The van der Waals surface area contributed by atoms with Gasteiger partial charge in [-0.3, -0.25) is 18.5 Å². The van der Waals surface area contributed by atoms with Crippen molar-refractivity contribution < 1.29 is 22.7 Å². The van der Waals surface area contributed by atoms with Crippen LogP contribution in [-0.2, 0) is 22.4 Å². The van der Waals surface area contributed by atoms with Crippen molar-refractivity contribution in [2.75, 3.05) is 11.1 Å². The Balaban J connectivity index is 1.64. The second kappa shape index (κ2) is 12.4. The van der Waals surface area contributed by atoms with E-state index in [-0.39, 0.29) is 24.4 Å². The van der Waals surface area contributed by atoms with Gasteiger partial charge in [0.15, 0.2) is 6.10 Å². The molecule has 1 aliphatic rings. The van der Waals surface area contributed by atoms with E-state index in [1.807, 2.05) is 60.7 Å². The first-order valence-corrected chi connectivity index (χ1v) is 14.2. The van der Waals surface area contributed by atoms with Gasteiger partial charge in [0, 0.05) is 12.0 Å². The van der Waals surface area contributed by atoms with Gasteiger partial charge in [-0.05, 0) is 43.7 Å². The number of fused-ring (bicyclic) bond motifs is 1. The van der Waals surface area contributed by atoms with Gasteiger partial charge in [0.1, 0.15) is 5.82 Å². The zero-order valence-corrected chi connectivity index (χ0v) is 23.2. The van der Waals surface area contributed by atoms with Crippen LogP contribution < -0.4 is 5.56 Å². The number of ether oxygens (including phenoxy) is 1. The Bertz CT molecular complexity index is 1260. The van der Waals surface area contributed by atoms with Crippen molar-refractivity contribution in [3.05, 3.63) is 99.2 Å². The van der Waals surface area contributed by atoms with Gasteiger partial charge in [-0.15, -0.1) is 0 Å². The molecule has 1 heterocycles. The third kappa shape index (κ3) is 6.13. The monoisotopic (exact) mass is 638 g/mol. The number of aromatic nitrogens is 2. The smallest absolute Gasteiger partial charge is 0.309 e. The highest BCUT2D eigenvalue weighted by molar-refractivity contribution is 14.1. The molecule has 5 nitrogen and oxygen atoms in total. The number of aryl methyl sites for hydroxylation is 2. The molecule has 0 aliphatic heterocycles. The van der Waals surface area contributed by atoms with Crippen LogP contribution >= 0.6 is 22.6 Å². The number of hydrogen-bond donors (Lipinski definition) is 0. The maximum absolute atomic E-state index is 14.2. The molecule has 4 rings (SSSR count). The molecule has 0 saturated heterocycles. The van der Waals surface area contributed by atoms with Crippen LogP contribution in [-0.4, -0.2) is 38.6 Å². The molecule has 2 unspecified atom stereocenters. The van der Waals surface area contributed by atoms with Crippen molar-refractivity contribution in [3.63, 3.8) is 0 Å². The lowest BCUT2D eigenvalue weighted by atomic mass is 9.97. The lowest BCUT2D eigenvalue weighted by molar-refractivity contribution is -0.175. The molecule has 9 heteroatoms. The van der Waals surface area contributed by atoms with Crippen LogP contribution in [0.1, 0.15) is 53.5 Å². The summed E-state index contributed by atoms with van der Waals surface area (Å²) in [6.45, 7) is 0.790. The number of halogens is 4. The van der Waals surface area contributed by atoms with E-state index in [0.717, 1.165) is 11.1 Å². The highest BCUT2D eigenvalue weighted by Crippen LogP contribution is 2.31. The van der Waals surface area contributed by atoms with E-state index in [1.165, 1.54) is 22.6 Å². The van der Waals surface area contributed by atoms with Crippen molar-refractivity contribution in [3.8, 4) is 0 Å². The second-order valence-electron chi connectivity index (χ2n) is 9.56. The summed E-state index contributed by atoms with van der Waals surface area (Å²) in [6.07, 6.45) is -1.15. The fourth-order valence-corrected chi connectivity index (χ4v) is 5.53. The van der Waals surface area contributed by atoms with Gasteiger partial charge in [0.2, 0.25) is 0 Å². The van der Waals surface area contributed by atoms with Crippen LogP contribution in [0.5, 0.6) is 0 Å². The number of alkyl halides is 4. The maximum atomic E-state index is 14.2. The van der Waals surface area contributed by atoms with Crippen LogP contribution in [0.2, 0.25) is 0 Å². The Hall–Kier alpha value is -2.69. The average Bonchev–Trinajstić information content (AvgIpc) is 3.14. The highest BCUT2D eigenvalue weighted by Gasteiger charge is 2.42. The third-order valence-corrected chi connectivity index (χ3v) is 8.06. The van der Waals surface area contributed by atoms with Crippen LogP contribution in [0.3, 0.4) is 0 Å². The molecule has 0 bridgehead atoms. The third-order valence-electron chi connectivity index (χ3n) is 7.04. The lowest BCUT2D eigenvalue weighted by Gasteiger charge is -2.26. The predicted molar refractivity (Wildman–Crippen MR) is 148 cm³/mol. The first-order valence-electron chi connectivity index (χ1n) is 12.7. The van der Waals surface area contributed by atoms with E-state index in [0.29, 0.717) is 29.9 Å². The van der Waals surface area contributed by atoms with Gasteiger partial charge in [-0.2, -0.15) is 0 Å². The van der Waals surface area contributed by atoms with Crippen molar-refractivity contribution in [2.24, 2.45) is 5.92 Å². The first-order chi connectivity index (χ1) is 18.3. The summed E-state index contributed by atoms with van der Waals surface area (Å²) in [5, 5.41) is 0. The van der Waals surface area contributed by atoms with Gasteiger partial charge < -0.3 is 4.74 Å². The van der Waals surface area contributed by atoms with Gasteiger partial charge in [0.05, 0.1) is 28.8 Å². The first kappa shape index (κ1) is 28.3. The Morgan fingerprint density at radius 1 is 1.08 bits per heavy atom. The molecule has 0 fully saturated rings. The van der Waals surface area contributed by atoms with Gasteiger partial charge in [0.25, 0.3) is 11.5 Å². The molecule has 38 heavy (non-hydrogen) atoms. The fraction of sp³-hybridized carbons (Fsp3) is 0.414. The maximum Gasteiger partial charge on any atom is 0.309 e. The largest absolute Gasteiger partial charge is 0.456 e. The summed E-state index contributed by atoms with van der Waals surface area (Å²) >= 11 is 1.51. The normalized spacial score (nSPS) is 16.5. The van der Waals surface area contributed by atoms with Crippen LogP contribution in [0.25, 0.3) is 0 Å². The Morgan fingerprint density at radius 2 is 1.66 bits per heavy atom. The van der Waals surface area contributed by atoms with Crippen LogP contribution in [0.4, 0.5) is 13.2 Å². The molecule has 2 aromatic carbocycles. The van der Waals surface area contributed by atoms with Crippen molar-refractivity contribution >= 4 is 28.6 Å². The second-order valence-corrected chi connectivity index (χ2v) is 10.3. The highest BCUT2D eigenvalue weighted by atomic mass is 127. The minimum absolute atomic E-state index is 0.175. The number of hydrogen-bond acceptors (Lipinski definition) is 4. The van der Waals surface area contributed by atoms with E-state index in [4.69, 9.17) is 9.72 Å². The minimum atomic E-state index is -3.31. The van der Waals surface area contributed by atoms with E-state index >= 15 is 0 Å². The molecule has 0 amide bonds. The number of benzene rings is 2. The van der Waals surface area contributed by atoms with E-state index < -0.39 is 41.4 Å². The topological polar surface area (TPSA) is 61.2 Å². The fourth-order valence-electron chi connectivity index (χ4n) is 5.04. The molecule has 0 saturated carbocycles. The SMILES string of the molecule is Cc1nc2c(c(=O)n1C(c1ccccc1)c1ccccc1)CCC(C(=O)OC(CCF)C(F)(F)CI)CC2. The summed E-state index contributed by atoms with van der Waals surface area (Å²) in [4.78, 5) is 31.6. The molecule has 202 valence electrons. The van der Waals surface area contributed by atoms with Crippen molar-refractivity contribution in [1.82, 2.24) is 9.55 Å².